The minimum Gasteiger partial charge on any atom is -0.507 e. The first-order valence-electron chi connectivity index (χ1n) is 17.7. The monoisotopic (exact) mass is 657 g/mol. The van der Waals surface area contributed by atoms with E-state index in [9.17, 15) is 5.11 Å². The number of imidazole rings is 1. The average molecular weight is 658 g/mol. The summed E-state index contributed by atoms with van der Waals surface area (Å²) in [7, 11) is 0. The highest BCUT2D eigenvalue weighted by Gasteiger charge is 2.24. The first-order valence-corrected chi connectivity index (χ1v) is 17.7. The van der Waals surface area contributed by atoms with Gasteiger partial charge in [-0.1, -0.05) is 110 Å². The van der Waals surface area contributed by atoms with Crippen LogP contribution in [0.25, 0.3) is 61.3 Å². The summed E-state index contributed by atoms with van der Waals surface area (Å²) < 4.78 is 2.19. The quantitative estimate of drug-likeness (QED) is 0.200. The van der Waals surface area contributed by atoms with E-state index in [-0.39, 0.29) is 16.6 Å². The van der Waals surface area contributed by atoms with Crippen molar-refractivity contribution in [1.82, 2.24) is 14.5 Å². The number of phenolic OH excluding ortho intramolecular Hbond substituents is 1. The van der Waals surface area contributed by atoms with Gasteiger partial charge in [-0.3, -0.25) is 9.55 Å². The number of aromatic hydroxyl groups is 1. The Bertz CT molecular complexity index is 2380. The summed E-state index contributed by atoms with van der Waals surface area (Å²) in [6.07, 6.45) is 1.89. The van der Waals surface area contributed by atoms with E-state index >= 15 is 0 Å². The first kappa shape index (κ1) is 33.3. The maximum atomic E-state index is 11.3. The molecule has 0 amide bonds. The molecule has 1 N–H and O–H groups in total. The van der Waals surface area contributed by atoms with E-state index in [4.69, 9.17) is 9.97 Å². The van der Waals surface area contributed by atoms with Gasteiger partial charge in [0.25, 0.3) is 0 Å². The number of para-hydroxylation sites is 1. The minimum absolute atomic E-state index is 0.00584. The Balaban J connectivity index is 1.46. The smallest absolute Gasteiger partial charge is 0.149 e. The number of aryl methyl sites for hydroxylation is 1. The van der Waals surface area contributed by atoms with Crippen LogP contribution in [0.15, 0.2) is 109 Å². The molecular weight excluding hydrogens is 611 g/mol. The fourth-order valence-corrected chi connectivity index (χ4v) is 7.44. The highest BCUT2D eigenvalue weighted by Crippen LogP contribution is 2.41. The van der Waals surface area contributed by atoms with Crippen LogP contribution in [0.1, 0.15) is 83.6 Å². The van der Waals surface area contributed by atoms with Crippen molar-refractivity contribution in [1.29, 1.82) is 0 Å². The summed E-state index contributed by atoms with van der Waals surface area (Å²) in [6, 6.07) is 36.3. The first-order chi connectivity index (χ1) is 23.7. The fraction of sp³-hybridized carbons (Fsp3) is 0.261. The molecule has 0 spiro atoms. The molecule has 50 heavy (non-hydrogen) atoms. The van der Waals surface area contributed by atoms with Crippen LogP contribution in [-0.4, -0.2) is 19.6 Å². The molecule has 7 rings (SSSR count). The molecule has 252 valence electrons. The fourth-order valence-electron chi connectivity index (χ4n) is 7.44. The SMILES string of the molecule is Cc1cc(-c2cccc(-c3cccc4c3nc(-c3cc(C(C)C)ccc3O)n4-c3ccc(C(C)(C)C)cc3)c2)c2ncccc2c1C(C)(C)C. The van der Waals surface area contributed by atoms with Gasteiger partial charge in [0.1, 0.15) is 11.6 Å². The molecule has 0 aliphatic rings. The van der Waals surface area contributed by atoms with Crippen molar-refractivity contribution in [3.8, 4) is 45.1 Å². The molecule has 7 aromatic rings. The molecule has 0 atom stereocenters. The van der Waals surface area contributed by atoms with Crippen LogP contribution in [0.2, 0.25) is 0 Å². The van der Waals surface area contributed by atoms with Crippen molar-refractivity contribution in [3.05, 3.63) is 132 Å². The lowest BCUT2D eigenvalue weighted by atomic mass is 9.80. The molecule has 0 aliphatic heterocycles. The number of fused-ring (bicyclic) bond motifs is 2. The van der Waals surface area contributed by atoms with E-state index in [0.717, 1.165) is 61.4 Å². The molecule has 5 aromatic carbocycles. The number of phenols is 1. The van der Waals surface area contributed by atoms with Crippen molar-refractivity contribution in [2.75, 3.05) is 0 Å². The number of benzene rings is 5. The third-order valence-corrected chi connectivity index (χ3v) is 9.93. The summed E-state index contributed by atoms with van der Waals surface area (Å²) in [6.45, 7) is 20.1. The molecule has 0 bridgehead atoms. The highest BCUT2D eigenvalue weighted by molar-refractivity contribution is 6.00. The van der Waals surface area contributed by atoms with Crippen LogP contribution in [0, 0.1) is 6.92 Å². The van der Waals surface area contributed by atoms with Gasteiger partial charge < -0.3 is 5.11 Å². The Morgan fingerprint density at radius 3 is 2.04 bits per heavy atom. The van der Waals surface area contributed by atoms with Crippen LogP contribution in [0.5, 0.6) is 5.75 Å². The zero-order valence-corrected chi connectivity index (χ0v) is 30.8. The summed E-state index contributed by atoms with van der Waals surface area (Å²) in [5.41, 5.74) is 14.0. The normalized spacial score (nSPS) is 12.4. The summed E-state index contributed by atoms with van der Waals surface area (Å²) in [4.78, 5) is 10.3. The Labute approximate surface area is 296 Å². The van der Waals surface area contributed by atoms with Gasteiger partial charge in [-0.05, 0) is 106 Å². The van der Waals surface area contributed by atoms with Gasteiger partial charge in [-0.15, -0.1) is 0 Å². The predicted molar refractivity (Wildman–Crippen MR) is 211 cm³/mol. The predicted octanol–water partition coefficient (Wildman–Crippen LogP) is 12.3. The molecule has 0 unspecified atom stereocenters. The van der Waals surface area contributed by atoms with Gasteiger partial charge >= 0.3 is 0 Å². The second-order valence-corrected chi connectivity index (χ2v) is 16.0. The van der Waals surface area contributed by atoms with Gasteiger partial charge in [0.2, 0.25) is 0 Å². The number of rotatable bonds is 5. The number of aromatic nitrogens is 3. The molecule has 0 saturated heterocycles. The maximum absolute atomic E-state index is 11.3. The lowest BCUT2D eigenvalue weighted by Crippen LogP contribution is -2.14. The van der Waals surface area contributed by atoms with E-state index in [1.807, 2.05) is 18.3 Å². The van der Waals surface area contributed by atoms with Gasteiger partial charge in [0, 0.05) is 28.4 Å². The lowest BCUT2D eigenvalue weighted by molar-refractivity contribution is 0.476. The topological polar surface area (TPSA) is 50.9 Å². The molecule has 0 aliphatic carbocycles. The number of hydrogen-bond donors (Lipinski definition) is 1. The second-order valence-electron chi connectivity index (χ2n) is 16.0. The lowest BCUT2D eigenvalue weighted by Gasteiger charge is -2.25. The highest BCUT2D eigenvalue weighted by atomic mass is 16.3. The summed E-state index contributed by atoms with van der Waals surface area (Å²) >= 11 is 0. The number of nitrogens with zero attached hydrogens (tertiary/aromatic N) is 3. The third kappa shape index (κ3) is 5.87. The van der Waals surface area contributed by atoms with Crippen molar-refractivity contribution < 1.29 is 5.11 Å². The van der Waals surface area contributed by atoms with Gasteiger partial charge in [-0.2, -0.15) is 0 Å². The molecule has 4 nitrogen and oxygen atoms in total. The van der Waals surface area contributed by atoms with Crippen molar-refractivity contribution in [3.63, 3.8) is 0 Å². The Morgan fingerprint density at radius 1 is 0.660 bits per heavy atom. The van der Waals surface area contributed by atoms with Crippen molar-refractivity contribution >= 4 is 21.9 Å². The zero-order valence-electron chi connectivity index (χ0n) is 30.8. The second kappa shape index (κ2) is 12.3. The van der Waals surface area contributed by atoms with E-state index in [1.165, 1.54) is 22.1 Å². The molecule has 0 saturated carbocycles. The van der Waals surface area contributed by atoms with Crippen LogP contribution in [0.3, 0.4) is 0 Å². The minimum atomic E-state index is -0.00584. The standard InChI is InChI=1S/C46H47N3O/c1-28(2)30-18-23-40(50)38(27-30)44-48-43-35(15-11-17-39(43)49(44)34-21-19-33(20-22-34)45(4,5)6)31-13-10-14-32(26-31)37-25-29(3)41(46(7,8)9)36-16-12-24-47-42(36)37/h10-28,50H,1-9H3. The molecule has 4 heteroatoms. The van der Waals surface area contributed by atoms with Crippen molar-refractivity contribution in [2.24, 2.45) is 0 Å². The molecule has 2 heterocycles. The average Bonchev–Trinajstić information content (AvgIpc) is 3.46. The van der Waals surface area contributed by atoms with Crippen LogP contribution in [-0.2, 0) is 10.8 Å². The Hall–Kier alpha value is -5.22. The van der Waals surface area contributed by atoms with Crippen LogP contribution in [0.4, 0.5) is 0 Å². The van der Waals surface area contributed by atoms with E-state index in [0.29, 0.717) is 5.92 Å². The summed E-state index contributed by atoms with van der Waals surface area (Å²) in [5, 5.41) is 12.5. The summed E-state index contributed by atoms with van der Waals surface area (Å²) in [5.74, 6) is 1.24. The largest absolute Gasteiger partial charge is 0.507 e. The van der Waals surface area contributed by atoms with E-state index in [1.54, 1.807) is 6.07 Å². The zero-order chi connectivity index (χ0) is 35.5. The van der Waals surface area contributed by atoms with Crippen molar-refractivity contribution in [2.45, 2.75) is 79.1 Å². The van der Waals surface area contributed by atoms with E-state index in [2.05, 4.69) is 152 Å². The van der Waals surface area contributed by atoms with Crippen LogP contribution < -0.4 is 0 Å². The number of pyridine rings is 1. The number of hydrogen-bond acceptors (Lipinski definition) is 3. The Kier molecular flexibility index (Phi) is 8.17. The molecular formula is C46H47N3O. The van der Waals surface area contributed by atoms with Gasteiger partial charge in [0.05, 0.1) is 22.1 Å². The maximum Gasteiger partial charge on any atom is 0.149 e. The van der Waals surface area contributed by atoms with E-state index < -0.39 is 0 Å². The van der Waals surface area contributed by atoms with Gasteiger partial charge in [-0.25, -0.2) is 4.98 Å². The Morgan fingerprint density at radius 2 is 1.36 bits per heavy atom. The van der Waals surface area contributed by atoms with Gasteiger partial charge in [0.15, 0.2) is 0 Å². The third-order valence-electron chi connectivity index (χ3n) is 9.93. The molecule has 0 fully saturated rings. The molecule has 2 aromatic heterocycles. The van der Waals surface area contributed by atoms with Crippen LogP contribution >= 0.6 is 0 Å². The molecule has 0 radical (unpaired) electrons.